The second kappa shape index (κ2) is 8.24. The van der Waals surface area contributed by atoms with E-state index in [2.05, 4.69) is 53.4 Å². The summed E-state index contributed by atoms with van der Waals surface area (Å²) in [5.74, 6) is -1.07. The summed E-state index contributed by atoms with van der Waals surface area (Å²) in [7, 11) is 1.34. The first kappa shape index (κ1) is 22.3. The highest BCUT2D eigenvalue weighted by Crippen LogP contribution is 2.46. The molecule has 2 aromatic carbocycles. The van der Waals surface area contributed by atoms with Crippen molar-refractivity contribution < 1.29 is 9.90 Å². The summed E-state index contributed by atoms with van der Waals surface area (Å²) in [6, 6.07) is 9.16. The fourth-order valence-corrected chi connectivity index (χ4v) is 8.23. The third kappa shape index (κ3) is 3.37. The van der Waals surface area contributed by atoms with E-state index in [9.17, 15) is 9.90 Å². The van der Waals surface area contributed by atoms with Crippen molar-refractivity contribution in [2.24, 2.45) is 4.99 Å². The van der Waals surface area contributed by atoms with E-state index in [0.717, 1.165) is 28.1 Å². The molecule has 0 aromatic heterocycles. The maximum absolute atomic E-state index is 11.5. The molecule has 4 rings (SSSR count). The van der Waals surface area contributed by atoms with Crippen LogP contribution in [0.4, 0.5) is 5.69 Å². The molecule has 0 fully saturated rings. The number of halogens is 2. The van der Waals surface area contributed by atoms with Crippen LogP contribution in [0.1, 0.15) is 21.5 Å². The van der Waals surface area contributed by atoms with E-state index in [1.807, 2.05) is 19.2 Å². The zero-order valence-corrected chi connectivity index (χ0v) is 20.5. The quantitative estimate of drug-likeness (QED) is 0.554. The summed E-state index contributed by atoms with van der Waals surface area (Å²) in [5, 5.41) is 15.6. The minimum atomic E-state index is -2.32. The van der Waals surface area contributed by atoms with Gasteiger partial charge in [-0.2, -0.15) is 0 Å². The summed E-state index contributed by atoms with van der Waals surface area (Å²) in [4.78, 5) is 15.9. The second-order valence-electron chi connectivity index (χ2n) is 7.87. The Labute approximate surface area is 198 Å². The molecule has 162 valence electrons. The molecule has 7 heteroatoms. The van der Waals surface area contributed by atoms with Crippen molar-refractivity contribution in [1.29, 1.82) is 0 Å². The maximum Gasteiger partial charge on any atom is 0.335 e. The predicted molar refractivity (Wildman–Crippen MR) is 137 cm³/mol. The van der Waals surface area contributed by atoms with Crippen molar-refractivity contribution in [1.82, 2.24) is 0 Å². The molecule has 0 bridgehead atoms. The van der Waals surface area contributed by atoms with E-state index >= 15 is 0 Å². The van der Waals surface area contributed by atoms with Gasteiger partial charge >= 0.3 is 5.97 Å². The van der Waals surface area contributed by atoms with Gasteiger partial charge in [-0.15, -0.1) is 6.58 Å². The largest absolute Gasteiger partial charge is 0.478 e. The van der Waals surface area contributed by atoms with E-state index < -0.39 is 14.0 Å². The summed E-state index contributed by atoms with van der Waals surface area (Å²) in [6.07, 6.45) is 6.14. The molecule has 1 atom stereocenters. The molecule has 2 aromatic rings. The van der Waals surface area contributed by atoms with Gasteiger partial charge in [0.1, 0.15) is 8.07 Å². The van der Waals surface area contributed by atoms with Crippen LogP contribution >= 0.6 is 23.2 Å². The van der Waals surface area contributed by atoms with Crippen molar-refractivity contribution >= 4 is 59.4 Å². The first-order chi connectivity index (χ1) is 15.2. The average Bonchev–Trinajstić information content (AvgIpc) is 2.79. The smallest absolute Gasteiger partial charge is 0.335 e. The van der Waals surface area contributed by atoms with E-state index in [1.165, 1.54) is 22.5 Å². The van der Waals surface area contributed by atoms with Gasteiger partial charge in [0.2, 0.25) is 0 Å². The van der Waals surface area contributed by atoms with Gasteiger partial charge in [-0.1, -0.05) is 47.6 Å². The zero-order valence-electron chi connectivity index (χ0n) is 18.0. The standard InChI is InChI=1S/C25H22Cl2N2O2Si/c1-5-32(4)21-12-15(28-2)6-8-17(21)23(18-9-7-16(29-3)13-22(18)32)24-19(26)10-14(25(30)31)11-20(24)27/h5-13,28H,1H2,2-4H3,(H,30,31). The molecule has 32 heavy (non-hydrogen) atoms. The minimum Gasteiger partial charge on any atom is -0.478 e. The molecule has 0 radical (unpaired) electrons. The lowest BCUT2D eigenvalue weighted by Gasteiger charge is -2.38. The first-order valence-corrected chi connectivity index (χ1v) is 13.4. The molecule has 2 N–H and O–H groups in total. The number of carboxylic acid groups (broad SMARTS) is 1. The normalized spacial score (nSPS) is 20.5. The highest BCUT2D eigenvalue weighted by molar-refractivity contribution is 7.02. The summed E-state index contributed by atoms with van der Waals surface area (Å²) in [6.45, 7) is 6.48. The number of carbonyl (C=O) groups is 1. The average molecular weight is 481 g/mol. The van der Waals surface area contributed by atoms with E-state index in [1.54, 1.807) is 7.05 Å². The number of hydrogen-bond donors (Lipinski definition) is 2. The fourth-order valence-electron chi connectivity index (χ4n) is 4.38. The molecule has 1 aliphatic heterocycles. The van der Waals surface area contributed by atoms with Crippen molar-refractivity contribution in [3.8, 4) is 0 Å². The number of benzene rings is 2. The molecule has 0 spiro atoms. The Balaban J connectivity index is 2.15. The van der Waals surface area contributed by atoms with Crippen LogP contribution in [0.3, 0.4) is 0 Å². The second-order valence-corrected chi connectivity index (χ2v) is 12.6. The van der Waals surface area contributed by atoms with Gasteiger partial charge in [-0.3, -0.25) is 4.99 Å². The Bertz CT molecular complexity index is 1280. The van der Waals surface area contributed by atoms with Crippen LogP contribution in [0.2, 0.25) is 16.6 Å². The number of aromatic carboxylic acids is 1. The third-order valence-corrected chi connectivity index (χ3v) is 10.7. The number of rotatable bonds is 4. The molecule has 2 aliphatic rings. The van der Waals surface area contributed by atoms with E-state index in [-0.39, 0.29) is 5.56 Å². The lowest BCUT2D eigenvalue weighted by atomic mass is 9.89. The van der Waals surface area contributed by atoms with E-state index in [4.69, 9.17) is 23.2 Å². The molecule has 1 heterocycles. The molecule has 1 aliphatic carbocycles. The summed E-state index contributed by atoms with van der Waals surface area (Å²) < 4.78 is 0. The van der Waals surface area contributed by atoms with Gasteiger partial charge in [0.25, 0.3) is 0 Å². The molecule has 0 saturated heterocycles. The zero-order chi connectivity index (χ0) is 23.2. The Kier molecular flexibility index (Phi) is 5.75. The molecule has 1 unspecified atom stereocenters. The lowest BCUT2D eigenvalue weighted by Crippen LogP contribution is -2.50. The number of hydrogen-bond acceptors (Lipinski definition) is 3. The Morgan fingerprint density at radius 1 is 1.19 bits per heavy atom. The number of nitrogens with zero attached hydrogens (tertiary/aromatic N) is 1. The minimum absolute atomic E-state index is 0.0524. The number of allylic oxidation sites excluding steroid dienone is 5. The van der Waals surface area contributed by atoms with Crippen molar-refractivity contribution in [3.63, 3.8) is 0 Å². The molecule has 0 amide bonds. The predicted octanol–water partition coefficient (Wildman–Crippen LogP) is 5.67. The first-order valence-electron chi connectivity index (χ1n) is 10.1. The van der Waals surface area contributed by atoms with Crippen LogP contribution in [0.25, 0.3) is 5.57 Å². The number of aliphatic imine (C=N–C) groups is 1. The van der Waals surface area contributed by atoms with E-state index in [0.29, 0.717) is 15.6 Å². The number of fused-ring (bicyclic) bond motifs is 2. The molecular weight excluding hydrogens is 459 g/mol. The number of nitrogens with one attached hydrogen (secondary N) is 1. The van der Waals surface area contributed by atoms with Gasteiger partial charge < -0.3 is 10.4 Å². The van der Waals surface area contributed by atoms with Crippen molar-refractivity contribution in [3.05, 3.63) is 98.3 Å². The summed E-state index contributed by atoms with van der Waals surface area (Å²) >= 11 is 13.3. The van der Waals surface area contributed by atoms with Gasteiger partial charge in [-0.25, -0.2) is 4.79 Å². The van der Waals surface area contributed by atoms with Crippen LogP contribution in [0.15, 0.2) is 76.6 Å². The van der Waals surface area contributed by atoms with Gasteiger partial charge in [0, 0.05) is 25.3 Å². The molecular formula is C25H22Cl2N2O2Si. The topological polar surface area (TPSA) is 61.7 Å². The van der Waals surface area contributed by atoms with Gasteiger partial charge in [0.15, 0.2) is 0 Å². The lowest BCUT2D eigenvalue weighted by molar-refractivity contribution is 0.0697. The van der Waals surface area contributed by atoms with Crippen molar-refractivity contribution in [2.75, 3.05) is 19.4 Å². The van der Waals surface area contributed by atoms with Crippen LogP contribution < -0.4 is 10.5 Å². The van der Waals surface area contributed by atoms with Crippen LogP contribution in [0, 0.1) is 0 Å². The Morgan fingerprint density at radius 2 is 1.88 bits per heavy atom. The highest BCUT2D eigenvalue weighted by atomic mass is 35.5. The highest BCUT2D eigenvalue weighted by Gasteiger charge is 2.42. The number of carboxylic acids is 1. The van der Waals surface area contributed by atoms with Crippen LogP contribution in [0.5, 0.6) is 0 Å². The SMILES string of the molecule is C=C[Si]1(C)C2=CC(=NC)C=CC2=C(c2c(Cl)cc(C(=O)O)cc2Cl)c2ccc(NC)cc21. The van der Waals surface area contributed by atoms with Gasteiger partial charge in [0.05, 0.1) is 21.3 Å². The number of anilines is 1. The monoisotopic (exact) mass is 480 g/mol. The van der Waals surface area contributed by atoms with Crippen LogP contribution in [-0.4, -0.2) is 39.0 Å². The Hall–Kier alpha value is -2.86. The van der Waals surface area contributed by atoms with Gasteiger partial charge in [-0.05, 0) is 63.5 Å². The Morgan fingerprint density at radius 3 is 2.44 bits per heavy atom. The molecule has 4 nitrogen and oxygen atoms in total. The van der Waals surface area contributed by atoms with Crippen molar-refractivity contribution in [2.45, 2.75) is 6.55 Å². The summed E-state index contributed by atoms with van der Waals surface area (Å²) in [5.41, 5.74) is 7.57. The van der Waals surface area contributed by atoms with Crippen LogP contribution in [-0.2, 0) is 0 Å². The molecule has 0 saturated carbocycles. The third-order valence-electron chi connectivity index (χ3n) is 6.17. The fraction of sp³-hybridized carbons (Fsp3) is 0.120. The maximum atomic E-state index is 11.5.